The van der Waals surface area contributed by atoms with Gasteiger partial charge in [-0.05, 0) is 66.1 Å². The number of hydrogen-bond donors (Lipinski definition) is 1. The van der Waals surface area contributed by atoms with Crippen LogP contribution in [0.25, 0.3) is 0 Å². The maximum Gasteiger partial charge on any atom is 0.150 e. The Balaban J connectivity index is 1.59. The molecule has 0 saturated carbocycles. The van der Waals surface area contributed by atoms with Crippen LogP contribution >= 0.6 is 0 Å². The van der Waals surface area contributed by atoms with Crippen LogP contribution in [0.4, 0.5) is 5.69 Å². The second kappa shape index (κ2) is 11.6. The van der Waals surface area contributed by atoms with Crippen LogP contribution in [0.2, 0.25) is 0 Å². The van der Waals surface area contributed by atoms with Gasteiger partial charge < -0.3 is 14.6 Å². The molecule has 0 saturated heterocycles. The van der Waals surface area contributed by atoms with Crippen LogP contribution in [0.1, 0.15) is 34.0 Å². The number of H-pyrrole nitrogens is 1. The minimum atomic E-state index is -0.124. The van der Waals surface area contributed by atoms with Crippen LogP contribution < -0.4 is 9.64 Å². The lowest BCUT2D eigenvalue weighted by atomic mass is 9.99. The van der Waals surface area contributed by atoms with Crippen molar-refractivity contribution in [3.8, 4) is 23.6 Å². The Morgan fingerprint density at radius 1 is 0.763 bits per heavy atom. The van der Waals surface area contributed by atoms with Gasteiger partial charge in [-0.25, -0.2) is 4.98 Å². The highest BCUT2D eigenvalue weighted by Crippen LogP contribution is 2.39. The first-order chi connectivity index (χ1) is 18.7. The van der Waals surface area contributed by atoms with Crippen molar-refractivity contribution in [2.45, 2.75) is 19.0 Å². The van der Waals surface area contributed by atoms with E-state index in [1.807, 2.05) is 103 Å². The van der Waals surface area contributed by atoms with Crippen molar-refractivity contribution in [1.29, 1.82) is 10.5 Å². The van der Waals surface area contributed by atoms with E-state index in [2.05, 4.69) is 33.1 Å². The number of aromatic amines is 1. The van der Waals surface area contributed by atoms with Gasteiger partial charge >= 0.3 is 0 Å². The molecule has 6 heteroatoms. The largest absolute Gasteiger partial charge is 0.455 e. The molecule has 0 spiro atoms. The second-order valence-electron chi connectivity index (χ2n) is 8.86. The van der Waals surface area contributed by atoms with Crippen LogP contribution in [0, 0.1) is 22.7 Å². The number of rotatable bonds is 9. The van der Waals surface area contributed by atoms with Crippen molar-refractivity contribution in [3.05, 3.63) is 144 Å². The van der Waals surface area contributed by atoms with Crippen molar-refractivity contribution in [2.75, 3.05) is 4.90 Å². The molecule has 1 aromatic heterocycles. The highest BCUT2D eigenvalue weighted by Gasteiger charge is 2.26. The minimum absolute atomic E-state index is 0.124. The molecular weight excluding hydrogens is 470 g/mol. The van der Waals surface area contributed by atoms with E-state index in [-0.39, 0.29) is 6.04 Å². The van der Waals surface area contributed by atoms with Gasteiger partial charge in [-0.3, -0.25) is 0 Å². The summed E-state index contributed by atoms with van der Waals surface area (Å²) in [5.41, 5.74) is 5.28. The Morgan fingerprint density at radius 2 is 1.39 bits per heavy atom. The Morgan fingerprint density at radius 3 is 2.03 bits per heavy atom. The molecule has 1 unspecified atom stereocenters. The predicted molar refractivity (Wildman–Crippen MR) is 146 cm³/mol. The number of ether oxygens (including phenoxy) is 1. The topological polar surface area (TPSA) is 88.7 Å². The van der Waals surface area contributed by atoms with Crippen LogP contribution in [0.15, 0.2) is 116 Å². The van der Waals surface area contributed by atoms with E-state index in [0.717, 1.165) is 34.0 Å². The lowest BCUT2D eigenvalue weighted by Crippen LogP contribution is -2.30. The third-order valence-corrected chi connectivity index (χ3v) is 6.35. The number of anilines is 1. The van der Waals surface area contributed by atoms with E-state index in [9.17, 15) is 10.5 Å². The molecule has 5 rings (SSSR count). The maximum absolute atomic E-state index is 9.27. The molecule has 1 heterocycles. The molecule has 6 nitrogen and oxygen atoms in total. The summed E-state index contributed by atoms with van der Waals surface area (Å²) in [5.74, 6) is 1.49. The van der Waals surface area contributed by atoms with E-state index in [0.29, 0.717) is 24.1 Å². The van der Waals surface area contributed by atoms with Crippen molar-refractivity contribution in [1.82, 2.24) is 9.97 Å². The van der Waals surface area contributed by atoms with Gasteiger partial charge in [0.1, 0.15) is 5.75 Å². The van der Waals surface area contributed by atoms with Gasteiger partial charge in [0.25, 0.3) is 0 Å². The average Bonchev–Trinajstić information content (AvgIpc) is 3.51. The number of imidazole rings is 1. The van der Waals surface area contributed by atoms with Crippen LogP contribution in [-0.4, -0.2) is 9.97 Å². The highest BCUT2D eigenvalue weighted by atomic mass is 16.5. The molecule has 0 radical (unpaired) electrons. The first-order valence-electron chi connectivity index (χ1n) is 12.3. The molecule has 0 aliphatic carbocycles. The molecule has 0 aliphatic rings. The number of para-hydroxylation sites is 3. The third kappa shape index (κ3) is 5.73. The summed E-state index contributed by atoms with van der Waals surface area (Å²) in [4.78, 5) is 9.93. The maximum atomic E-state index is 9.27. The number of aromatic nitrogens is 2. The molecule has 4 aromatic carbocycles. The Hall–Kier alpha value is -5.33. The average molecular weight is 496 g/mol. The Kier molecular flexibility index (Phi) is 7.44. The fraction of sp³-hybridized carbons (Fsp3) is 0.0938. The molecular formula is C32H25N5O. The number of nitrogens with one attached hydrogen (secondary N) is 1. The molecule has 0 bridgehead atoms. The quantitative estimate of drug-likeness (QED) is 0.239. The standard InChI is InChI=1S/C32H25N5O/c33-19-25-12-10-24(11-13-25)18-31(29-21-35-23-36-29)37(22-27-16-14-26(20-34)15-17-27)30-8-4-5-9-32(30)38-28-6-2-1-3-7-28/h1-17,21,23,31H,18,22H2,(H,35,36). The van der Waals surface area contributed by atoms with Crippen molar-refractivity contribution in [2.24, 2.45) is 0 Å². The van der Waals surface area contributed by atoms with E-state index in [1.54, 1.807) is 6.33 Å². The summed E-state index contributed by atoms with van der Waals surface area (Å²) < 4.78 is 6.37. The van der Waals surface area contributed by atoms with Gasteiger partial charge in [0.2, 0.25) is 0 Å². The van der Waals surface area contributed by atoms with Crippen LogP contribution in [0.3, 0.4) is 0 Å². The smallest absolute Gasteiger partial charge is 0.150 e. The summed E-state index contributed by atoms with van der Waals surface area (Å²) in [6.45, 7) is 0.570. The molecule has 38 heavy (non-hydrogen) atoms. The van der Waals surface area contributed by atoms with E-state index < -0.39 is 0 Å². The van der Waals surface area contributed by atoms with Crippen molar-refractivity contribution in [3.63, 3.8) is 0 Å². The van der Waals surface area contributed by atoms with E-state index in [4.69, 9.17) is 4.74 Å². The predicted octanol–water partition coefficient (Wildman–Crippen LogP) is 6.94. The molecule has 184 valence electrons. The highest BCUT2D eigenvalue weighted by molar-refractivity contribution is 5.61. The summed E-state index contributed by atoms with van der Waals surface area (Å²) in [7, 11) is 0. The zero-order chi connectivity index (χ0) is 26.2. The molecule has 1 N–H and O–H groups in total. The fourth-order valence-corrected chi connectivity index (χ4v) is 4.42. The first kappa shape index (κ1) is 24.4. The summed E-state index contributed by atoms with van der Waals surface area (Å²) >= 11 is 0. The molecule has 0 aliphatic heterocycles. The van der Waals surface area contributed by atoms with Crippen molar-refractivity contribution >= 4 is 5.69 Å². The monoisotopic (exact) mass is 495 g/mol. The van der Waals surface area contributed by atoms with Gasteiger partial charge in [-0.15, -0.1) is 0 Å². The van der Waals surface area contributed by atoms with Gasteiger partial charge in [-0.2, -0.15) is 10.5 Å². The van der Waals surface area contributed by atoms with Gasteiger partial charge in [-0.1, -0.05) is 54.6 Å². The van der Waals surface area contributed by atoms with Crippen LogP contribution in [-0.2, 0) is 13.0 Å². The van der Waals surface area contributed by atoms with E-state index in [1.165, 1.54) is 0 Å². The second-order valence-corrected chi connectivity index (χ2v) is 8.86. The first-order valence-corrected chi connectivity index (χ1v) is 12.3. The van der Waals surface area contributed by atoms with Crippen LogP contribution in [0.5, 0.6) is 11.5 Å². The summed E-state index contributed by atoms with van der Waals surface area (Å²) in [5, 5.41) is 18.5. The molecule has 1 atom stereocenters. The normalized spacial score (nSPS) is 11.2. The van der Waals surface area contributed by atoms with Gasteiger partial charge in [0, 0.05) is 6.54 Å². The number of benzene rings is 4. The molecule has 5 aromatic rings. The van der Waals surface area contributed by atoms with Gasteiger partial charge in [0.05, 0.1) is 53.2 Å². The zero-order valence-electron chi connectivity index (χ0n) is 20.7. The lowest BCUT2D eigenvalue weighted by molar-refractivity contribution is 0.476. The number of nitrogens with zero attached hydrogens (tertiary/aromatic N) is 4. The molecule has 0 fully saturated rings. The number of hydrogen-bond acceptors (Lipinski definition) is 5. The zero-order valence-corrected chi connectivity index (χ0v) is 20.7. The van der Waals surface area contributed by atoms with Crippen molar-refractivity contribution < 1.29 is 4.74 Å². The van der Waals surface area contributed by atoms with E-state index >= 15 is 0 Å². The number of nitriles is 2. The summed E-state index contributed by atoms with van der Waals surface area (Å²) in [6.07, 6.45) is 4.21. The fourth-order valence-electron chi connectivity index (χ4n) is 4.42. The Bertz CT molecular complexity index is 1550. The summed E-state index contributed by atoms with van der Waals surface area (Å²) in [6, 6.07) is 37.3. The van der Waals surface area contributed by atoms with Gasteiger partial charge in [0.15, 0.2) is 5.75 Å². The third-order valence-electron chi connectivity index (χ3n) is 6.35. The molecule has 0 amide bonds. The SMILES string of the molecule is N#Cc1ccc(CC(c2cnc[nH]2)N(Cc2ccc(C#N)cc2)c2ccccc2Oc2ccccc2)cc1. The Labute approximate surface area is 222 Å². The minimum Gasteiger partial charge on any atom is -0.455 e. The lowest BCUT2D eigenvalue weighted by Gasteiger charge is -2.34.